The fraction of sp³-hybridized carbons (Fsp3) is 0.867. The lowest BCUT2D eigenvalue weighted by Gasteiger charge is -2.37. The van der Waals surface area contributed by atoms with Gasteiger partial charge in [-0.1, -0.05) is 26.0 Å². The molecule has 2 atom stereocenters. The van der Waals surface area contributed by atoms with Gasteiger partial charge in [0.2, 0.25) is 0 Å². The van der Waals surface area contributed by atoms with Crippen LogP contribution in [0.4, 0.5) is 0 Å². The van der Waals surface area contributed by atoms with E-state index in [4.69, 9.17) is 0 Å². The summed E-state index contributed by atoms with van der Waals surface area (Å²) >= 11 is 0. The van der Waals surface area contributed by atoms with E-state index < -0.39 is 0 Å². The predicted molar refractivity (Wildman–Crippen MR) is 81.4 cm³/mol. The molecule has 1 aliphatic heterocycles. The van der Waals surface area contributed by atoms with E-state index in [1.54, 1.807) is 0 Å². The Bertz CT molecular complexity index is 401. The molecule has 1 N–H and O–H groups in total. The molecular formula is C15H29N5. The van der Waals surface area contributed by atoms with Crippen molar-refractivity contribution < 1.29 is 0 Å². The number of rotatable bonds is 6. The van der Waals surface area contributed by atoms with Crippen LogP contribution in [0.1, 0.15) is 46.2 Å². The summed E-state index contributed by atoms with van der Waals surface area (Å²) in [6.45, 7) is 13.0. The van der Waals surface area contributed by atoms with Crippen LogP contribution in [-0.4, -0.2) is 45.1 Å². The number of piperidine rings is 1. The van der Waals surface area contributed by atoms with Gasteiger partial charge < -0.3 is 5.32 Å². The highest BCUT2D eigenvalue weighted by Gasteiger charge is 2.24. The van der Waals surface area contributed by atoms with Gasteiger partial charge in [-0.3, -0.25) is 9.58 Å². The van der Waals surface area contributed by atoms with Gasteiger partial charge in [0, 0.05) is 31.4 Å². The average molecular weight is 279 g/mol. The fourth-order valence-electron chi connectivity index (χ4n) is 2.80. The van der Waals surface area contributed by atoms with Gasteiger partial charge in [0.15, 0.2) is 0 Å². The smallest absolute Gasteiger partial charge is 0.0964 e. The third-order valence-corrected chi connectivity index (χ3v) is 4.40. The highest BCUT2D eigenvalue weighted by atomic mass is 15.4. The van der Waals surface area contributed by atoms with Crippen LogP contribution in [0.5, 0.6) is 0 Å². The zero-order chi connectivity index (χ0) is 14.5. The summed E-state index contributed by atoms with van der Waals surface area (Å²) < 4.78 is 1.98. The summed E-state index contributed by atoms with van der Waals surface area (Å²) in [5, 5.41) is 11.8. The molecule has 5 nitrogen and oxygen atoms in total. The second kappa shape index (κ2) is 7.18. The van der Waals surface area contributed by atoms with Gasteiger partial charge in [-0.25, -0.2) is 0 Å². The summed E-state index contributed by atoms with van der Waals surface area (Å²) in [4.78, 5) is 2.59. The lowest BCUT2D eigenvalue weighted by atomic mass is 9.92. The van der Waals surface area contributed by atoms with E-state index in [9.17, 15) is 0 Å². The summed E-state index contributed by atoms with van der Waals surface area (Å²) in [5.74, 6) is 0.810. The minimum absolute atomic E-state index is 0.482. The Balaban J connectivity index is 1.79. The van der Waals surface area contributed by atoms with E-state index in [2.05, 4.69) is 54.4 Å². The van der Waals surface area contributed by atoms with Crippen molar-refractivity contribution in [1.82, 2.24) is 25.2 Å². The maximum Gasteiger partial charge on any atom is 0.0964 e. The van der Waals surface area contributed by atoms with Crippen molar-refractivity contribution in [3.05, 3.63) is 11.9 Å². The van der Waals surface area contributed by atoms with Crippen molar-refractivity contribution in [2.24, 2.45) is 5.92 Å². The van der Waals surface area contributed by atoms with Crippen LogP contribution < -0.4 is 5.32 Å². The Kier molecular flexibility index (Phi) is 5.54. The van der Waals surface area contributed by atoms with Crippen molar-refractivity contribution in [2.75, 3.05) is 13.1 Å². The molecule has 2 rings (SSSR count). The minimum atomic E-state index is 0.482. The first-order chi connectivity index (χ1) is 9.56. The van der Waals surface area contributed by atoms with Crippen molar-refractivity contribution in [2.45, 2.75) is 65.7 Å². The Hall–Kier alpha value is -0.940. The van der Waals surface area contributed by atoms with E-state index in [0.717, 1.165) is 31.2 Å². The van der Waals surface area contributed by atoms with Crippen LogP contribution in [0.25, 0.3) is 0 Å². The Morgan fingerprint density at radius 1 is 1.35 bits per heavy atom. The first-order valence-corrected chi connectivity index (χ1v) is 7.92. The number of likely N-dealkylation sites (tertiary alicyclic amines) is 1. The second-order valence-electron chi connectivity index (χ2n) is 6.40. The van der Waals surface area contributed by atoms with Crippen molar-refractivity contribution >= 4 is 0 Å². The highest BCUT2D eigenvalue weighted by Crippen LogP contribution is 2.22. The molecule has 0 radical (unpaired) electrons. The van der Waals surface area contributed by atoms with E-state index in [1.807, 2.05) is 4.68 Å². The van der Waals surface area contributed by atoms with E-state index in [1.165, 1.54) is 19.4 Å². The number of hydrogen-bond acceptors (Lipinski definition) is 4. The topological polar surface area (TPSA) is 46.0 Å². The molecule has 1 aromatic rings. The van der Waals surface area contributed by atoms with Crippen LogP contribution in [0, 0.1) is 5.92 Å². The van der Waals surface area contributed by atoms with E-state index >= 15 is 0 Å². The molecule has 1 aliphatic rings. The Labute approximate surface area is 122 Å². The number of hydrogen-bond donors (Lipinski definition) is 1. The van der Waals surface area contributed by atoms with Gasteiger partial charge >= 0.3 is 0 Å². The summed E-state index contributed by atoms with van der Waals surface area (Å²) in [6, 6.07) is 1.17. The standard InChI is InChI=1S/C15H29N5/c1-12(2)16-10-15-11-20(18-17-15)9-8-19-7-5-6-13(3)14(19)4/h11-14,16H,5-10H2,1-4H3. The zero-order valence-corrected chi connectivity index (χ0v) is 13.3. The predicted octanol–water partition coefficient (Wildman–Crippen LogP) is 1.90. The van der Waals surface area contributed by atoms with Crippen LogP contribution in [0.2, 0.25) is 0 Å². The second-order valence-corrected chi connectivity index (χ2v) is 6.40. The molecule has 0 bridgehead atoms. The quantitative estimate of drug-likeness (QED) is 0.864. The monoisotopic (exact) mass is 279 g/mol. The maximum absolute atomic E-state index is 4.22. The molecular weight excluding hydrogens is 250 g/mol. The minimum Gasteiger partial charge on any atom is -0.309 e. The lowest BCUT2D eigenvalue weighted by Crippen LogP contribution is -2.43. The molecule has 0 amide bonds. The number of nitrogens with zero attached hydrogens (tertiary/aromatic N) is 4. The molecule has 1 fully saturated rings. The Morgan fingerprint density at radius 3 is 2.90 bits per heavy atom. The van der Waals surface area contributed by atoms with Crippen LogP contribution >= 0.6 is 0 Å². The largest absolute Gasteiger partial charge is 0.309 e. The third-order valence-electron chi connectivity index (χ3n) is 4.40. The van der Waals surface area contributed by atoms with Crippen LogP contribution in [0.3, 0.4) is 0 Å². The molecule has 2 heterocycles. The summed E-state index contributed by atoms with van der Waals surface area (Å²) in [5.41, 5.74) is 1.03. The Morgan fingerprint density at radius 2 is 2.15 bits per heavy atom. The molecule has 20 heavy (non-hydrogen) atoms. The number of aromatic nitrogens is 3. The molecule has 2 unspecified atom stereocenters. The average Bonchev–Trinajstić information content (AvgIpc) is 2.86. The van der Waals surface area contributed by atoms with Gasteiger partial charge in [-0.15, -0.1) is 5.10 Å². The van der Waals surface area contributed by atoms with Crippen LogP contribution in [-0.2, 0) is 13.1 Å². The molecule has 1 saturated heterocycles. The molecule has 0 aromatic carbocycles. The molecule has 5 heteroatoms. The van der Waals surface area contributed by atoms with Crippen molar-refractivity contribution in [3.8, 4) is 0 Å². The van der Waals surface area contributed by atoms with Crippen molar-refractivity contribution in [3.63, 3.8) is 0 Å². The molecule has 0 aliphatic carbocycles. The first kappa shape index (κ1) is 15.4. The van der Waals surface area contributed by atoms with Gasteiger partial charge in [-0.05, 0) is 32.2 Å². The zero-order valence-electron chi connectivity index (χ0n) is 13.3. The molecule has 0 saturated carbocycles. The lowest BCUT2D eigenvalue weighted by molar-refractivity contribution is 0.108. The normalized spacial score (nSPS) is 24.4. The van der Waals surface area contributed by atoms with Crippen LogP contribution in [0.15, 0.2) is 6.20 Å². The molecule has 1 aromatic heterocycles. The van der Waals surface area contributed by atoms with Gasteiger partial charge in [0.05, 0.1) is 12.2 Å². The number of nitrogens with one attached hydrogen (secondary N) is 1. The first-order valence-electron chi connectivity index (χ1n) is 7.92. The summed E-state index contributed by atoms with van der Waals surface area (Å²) in [7, 11) is 0. The van der Waals surface area contributed by atoms with E-state index in [-0.39, 0.29) is 0 Å². The fourth-order valence-corrected chi connectivity index (χ4v) is 2.80. The summed E-state index contributed by atoms with van der Waals surface area (Å²) in [6.07, 6.45) is 4.76. The van der Waals surface area contributed by atoms with Gasteiger partial charge in [0.1, 0.15) is 0 Å². The third kappa shape index (κ3) is 4.28. The molecule has 0 spiro atoms. The molecule has 114 valence electrons. The maximum atomic E-state index is 4.22. The van der Waals surface area contributed by atoms with E-state index in [0.29, 0.717) is 12.1 Å². The SMILES string of the molecule is CC(C)NCc1cn(CCN2CCCC(C)C2C)nn1. The van der Waals surface area contributed by atoms with Gasteiger partial charge in [-0.2, -0.15) is 0 Å². The highest BCUT2D eigenvalue weighted by molar-refractivity contribution is 4.92. The van der Waals surface area contributed by atoms with Gasteiger partial charge in [0.25, 0.3) is 0 Å². The van der Waals surface area contributed by atoms with Crippen molar-refractivity contribution in [1.29, 1.82) is 0 Å².